The van der Waals surface area contributed by atoms with Gasteiger partial charge >= 0.3 is 5.97 Å². The Bertz CT molecular complexity index is 1000. The van der Waals surface area contributed by atoms with E-state index >= 15 is 0 Å². The van der Waals surface area contributed by atoms with Gasteiger partial charge in [-0.3, -0.25) is 4.79 Å². The molecule has 1 aliphatic rings. The van der Waals surface area contributed by atoms with Gasteiger partial charge < -0.3 is 9.47 Å². The first-order valence-electron chi connectivity index (χ1n) is 9.76. The lowest BCUT2D eigenvalue weighted by molar-refractivity contribution is -0.150. The van der Waals surface area contributed by atoms with Crippen molar-refractivity contribution in [2.75, 3.05) is 26.3 Å². The highest BCUT2D eigenvalue weighted by Gasteiger charge is 2.32. The number of hydrogen-bond donors (Lipinski definition) is 0. The highest BCUT2D eigenvalue weighted by molar-refractivity contribution is 7.89. The number of nitrogens with zero attached hydrogens (tertiary/aromatic N) is 2. The molecule has 1 heterocycles. The molecule has 3 rings (SSSR count). The maximum atomic E-state index is 12.7. The number of rotatable bonds is 7. The SMILES string of the molecule is Cc1ccc(S(=O)(=O)N2CCC(C(=O)OCCOc3ccc(C#N)cc3)CC2)cc1. The van der Waals surface area contributed by atoms with Crippen LogP contribution in [0.15, 0.2) is 53.4 Å². The van der Waals surface area contributed by atoms with E-state index in [-0.39, 0.29) is 43.1 Å². The first-order valence-corrected chi connectivity index (χ1v) is 11.2. The van der Waals surface area contributed by atoms with Gasteiger partial charge in [-0.25, -0.2) is 8.42 Å². The zero-order valence-corrected chi connectivity index (χ0v) is 17.6. The maximum absolute atomic E-state index is 12.7. The molecule has 0 unspecified atom stereocenters. The van der Waals surface area contributed by atoms with E-state index in [1.807, 2.05) is 13.0 Å². The van der Waals surface area contributed by atoms with Crippen molar-refractivity contribution < 1.29 is 22.7 Å². The summed E-state index contributed by atoms with van der Waals surface area (Å²) < 4.78 is 37.7. The molecule has 1 fully saturated rings. The lowest BCUT2D eigenvalue weighted by Gasteiger charge is -2.30. The fourth-order valence-corrected chi connectivity index (χ4v) is 4.71. The van der Waals surface area contributed by atoms with E-state index < -0.39 is 10.0 Å². The van der Waals surface area contributed by atoms with Crippen LogP contribution in [0.5, 0.6) is 5.75 Å². The summed E-state index contributed by atoms with van der Waals surface area (Å²) in [5, 5.41) is 8.77. The van der Waals surface area contributed by atoms with Crippen molar-refractivity contribution in [2.45, 2.75) is 24.7 Å². The minimum Gasteiger partial charge on any atom is -0.490 e. The molecule has 0 bridgehead atoms. The van der Waals surface area contributed by atoms with Crippen LogP contribution < -0.4 is 4.74 Å². The van der Waals surface area contributed by atoms with Crippen LogP contribution in [0, 0.1) is 24.2 Å². The van der Waals surface area contributed by atoms with E-state index in [2.05, 4.69) is 0 Å². The van der Waals surface area contributed by atoms with Gasteiger partial charge in [0.1, 0.15) is 19.0 Å². The summed E-state index contributed by atoms with van der Waals surface area (Å²) in [4.78, 5) is 12.5. The number of benzene rings is 2. The van der Waals surface area contributed by atoms with E-state index in [9.17, 15) is 13.2 Å². The molecule has 8 heteroatoms. The largest absolute Gasteiger partial charge is 0.490 e. The summed E-state index contributed by atoms with van der Waals surface area (Å²) in [6, 6.07) is 15.5. The molecule has 2 aromatic rings. The van der Waals surface area contributed by atoms with Gasteiger partial charge in [0.2, 0.25) is 10.0 Å². The van der Waals surface area contributed by atoms with Crippen LogP contribution in [0.1, 0.15) is 24.0 Å². The number of carbonyl (C=O) groups excluding carboxylic acids is 1. The molecule has 0 amide bonds. The van der Waals surface area contributed by atoms with Crippen LogP contribution in [-0.4, -0.2) is 45.0 Å². The second-order valence-electron chi connectivity index (χ2n) is 7.14. The average Bonchev–Trinajstić information content (AvgIpc) is 2.77. The van der Waals surface area contributed by atoms with Crippen LogP contribution in [0.2, 0.25) is 0 Å². The molecule has 0 saturated carbocycles. The lowest BCUT2D eigenvalue weighted by Crippen LogP contribution is -2.40. The molecule has 0 aromatic heterocycles. The summed E-state index contributed by atoms with van der Waals surface area (Å²) in [7, 11) is -3.54. The number of sulfonamides is 1. The fourth-order valence-electron chi connectivity index (χ4n) is 3.24. The molecular weight excluding hydrogens is 404 g/mol. The van der Waals surface area contributed by atoms with Gasteiger partial charge in [0.05, 0.1) is 22.4 Å². The Labute approximate surface area is 176 Å². The number of aryl methyl sites for hydroxylation is 1. The van der Waals surface area contributed by atoms with E-state index in [4.69, 9.17) is 14.7 Å². The van der Waals surface area contributed by atoms with E-state index in [0.717, 1.165) is 5.56 Å². The Morgan fingerprint density at radius 3 is 2.30 bits per heavy atom. The third-order valence-corrected chi connectivity index (χ3v) is 6.94. The molecule has 7 nitrogen and oxygen atoms in total. The van der Waals surface area contributed by atoms with Crippen LogP contribution >= 0.6 is 0 Å². The zero-order valence-electron chi connectivity index (χ0n) is 16.8. The first-order chi connectivity index (χ1) is 14.4. The number of nitriles is 1. The van der Waals surface area contributed by atoms with Gasteiger partial charge in [-0.05, 0) is 56.2 Å². The van der Waals surface area contributed by atoms with Crippen LogP contribution in [0.25, 0.3) is 0 Å². The van der Waals surface area contributed by atoms with Gasteiger partial charge in [-0.15, -0.1) is 0 Å². The fraction of sp³-hybridized carbons (Fsp3) is 0.364. The summed E-state index contributed by atoms with van der Waals surface area (Å²) in [6.07, 6.45) is 0.862. The summed E-state index contributed by atoms with van der Waals surface area (Å²) in [5.74, 6) is -0.0464. The van der Waals surface area contributed by atoms with Crippen LogP contribution in [0.4, 0.5) is 0 Å². The van der Waals surface area contributed by atoms with Crippen molar-refractivity contribution in [1.82, 2.24) is 4.31 Å². The minimum absolute atomic E-state index is 0.112. The molecule has 0 N–H and O–H groups in total. The maximum Gasteiger partial charge on any atom is 0.309 e. The monoisotopic (exact) mass is 428 g/mol. The molecule has 1 saturated heterocycles. The Hall–Kier alpha value is -2.89. The highest BCUT2D eigenvalue weighted by atomic mass is 32.2. The second kappa shape index (κ2) is 9.74. The molecule has 0 aliphatic carbocycles. The minimum atomic E-state index is -3.54. The van der Waals surface area contributed by atoms with E-state index in [0.29, 0.717) is 24.2 Å². The predicted octanol–water partition coefficient (Wildman–Crippen LogP) is 2.89. The topological polar surface area (TPSA) is 96.7 Å². The molecular formula is C22H24N2O5S. The van der Waals surface area contributed by atoms with E-state index in [1.165, 1.54) is 4.31 Å². The molecule has 2 aromatic carbocycles. The predicted molar refractivity (Wildman–Crippen MR) is 110 cm³/mol. The average molecular weight is 429 g/mol. The van der Waals surface area contributed by atoms with Gasteiger partial charge in [0.15, 0.2) is 0 Å². The van der Waals surface area contributed by atoms with Crippen molar-refractivity contribution in [2.24, 2.45) is 5.92 Å². The second-order valence-corrected chi connectivity index (χ2v) is 9.08. The lowest BCUT2D eigenvalue weighted by atomic mass is 9.98. The zero-order chi connectivity index (χ0) is 21.6. The van der Waals surface area contributed by atoms with Crippen molar-refractivity contribution in [3.05, 3.63) is 59.7 Å². The normalized spacial score (nSPS) is 15.3. The molecule has 0 radical (unpaired) electrons. The Balaban J connectivity index is 1.42. The third-order valence-electron chi connectivity index (χ3n) is 5.03. The highest BCUT2D eigenvalue weighted by Crippen LogP contribution is 2.25. The Kier molecular flexibility index (Phi) is 7.08. The van der Waals surface area contributed by atoms with Gasteiger partial charge in [0.25, 0.3) is 0 Å². The number of esters is 1. The molecule has 158 valence electrons. The number of hydrogen-bond acceptors (Lipinski definition) is 6. The van der Waals surface area contributed by atoms with Crippen LogP contribution in [-0.2, 0) is 19.6 Å². The van der Waals surface area contributed by atoms with Crippen LogP contribution in [0.3, 0.4) is 0 Å². The number of ether oxygens (including phenoxy) is 2. The van der Waals surface area contributed by atoms with Crippen molar-refractivity contribution in [1.29, 1.82) is 5.26 Å². The quantitative estimate of drug-likeness (QED) is 0.497. The molecule has 30 heavy (non-hydrogen) atoms. The van der Waals surface area contributed by atoms with E-state index in [1.54, 1.807) is 48.5 Å². The molecule has 0 spiro atoms. The summed E-state index contributed by atoms with van der Waals surface area (Å²) in [6.45, 7) is 2.80. The number of piperidine rings is 1. The summed E-state index contributed by atoms with van der Waals surface area (Å²) >= 11 is 0. The van der Waals surface area contributed by atoms with Gasteiger partial charge in [0, 0.05) is 13.1 Å². The standard InChI is InChI=1S/C22H24N2O5S/c1-17-2-8-21(9-3-17)30(26,27)24-12-10-19(11-13-24)22(25)29-15-14-28-20-6-4-18(16-23)5-7-20/h2-9,19H,10-15H2,1H3. The third kappa shape index (κ3) is 5.38. The van der Waals surface area contributed by atoms with Gasteiger partial charge in [-0.1, -0.05) is 17.7 Å². The first kappa shape index (κ1) is 21.8. The Morgan fingerprint density at radius 2 is 1.70 bits per heavy atom. The summed E-state index contributed by atoms with van der Waals surface area (Å²) in [5.41, 5.74) is 1.54. The molecule has 0 atom stereocenters. The molecule has 1 aliphatic heterocycles. The number of carbonyl (C=O) groups is 1. The van der Waals surface area contributed by atoms with Crippen molar-refractivity contribution in [3.63, 3.8) is 0 Å². The van der Waals surface area contributed by atoms with Crippen molar-refractivity contribution >= 4 is 16.0 Å². The Morgan fingerprint density at radius 1 is 1.07 bits per heavy atom. The smallest absolute Gasteiger partial charge is 0.309 e. The van der Waals surface area contributed by atoms with Crippen molar-refractivity contribution in [3.8, 4) is 11.8 Å². The van der Waals surface area contributed by atoms with Gasteiger partial charge in [-0.2, -0.15) is 9.57 Å².